The maximum absolute atomic E-state index is 10.4. The molecule has 1 aromatic heterocycles. The van der Waals surface area contributed by atoms with Gasteiger partial charge in [0.05, 0.1) is 9.72 Å². The van der Waals surface area contributed by atoms with Crippen LogP contribution in [0.3, 0.4) is 0 Å². The summed E-state index contributed by atoms with van der Waals surface area (Å²) in [5, 5.41) is 13.5. The molecule has 3 nitrogen and oxygen atoms in total. The van der Waals surface area contributed by atoms with E-state index < -0.39 is 0 Å². The Hall–Kier alpha value is -1.13. The van der Waals surface area contributed by atoms with Gasteiger partial charge in [0.15, 0.2) is 5.75 Å². The second-order valence-corrected chi connectivity index (χ2v) is 4.38. The molecule has 0 atom stereocenters. The van der Waals surface area contributed by atoms with E-state index in [4.69, 9.17) is 11.6 Å². The van der Waals surface area contributed by atoms with Gasteiger partial charge in [0.2, 0.25) is 5.00 Å². The minimum atomic E-state index is -0.0781. The number of nitrogens with zero attached hydrogens (tertiary/aromatic N) is 1. The van der Waals surface area contributed by atoms with Crippen LogP contribution in [0.4, 0.5) is 5.00 Å². The first-order valence-corrected chi connectivity index (χ1v) is 5.08. The van der Waals surface area contributed by atoms with E-state index >= 15 is 0 Å². The van der Waals surface area contributed by atoms with Crippen molar-refractivity contribution in [3.05, 3.63) is 27.6 Å². The van der Waals surface area contributed by atoms with Crippen LogP contribution in [-0.4, -0.2) is 5.11 Å². The maximum Gasteiger partial charge on any atom is 0.203 e. The third-order valence-corrected chi connectivity index (χ3v) is 3.44. The Kier molecular flexibility index (Phi) is 2.17. The van der Waals surface area contributed by atoms with Crippen LogP contribution >= 0.6 is 22.9 Å². The quantitative estimate of drug-likeness (QED) is 0.750. The monoisotopic (exact) mass is 227 g/mol. The summed E-state index contributed by atoms with van der Waals surface area (Å²) < 4.78 is 0.698. The van der Waals surface area contributed by atoms with E-state index in [-0.39, 0.29) is 10.8 Å². The number of aryl methyl sites for hydroxylation is 1. The molecule has 0 aliphatic carbocycles. The van der Waals surface area contributed by atoms with Gasteiger partial charge in [0, 0.05) is 5.39 Å². The van der Waals surface area contributed by atoms with Crippen LogP contribution in [0.15, 0.2) is 17.3 Å². The standard InChI is InChI=1S/C9H6ClNO2S/c1-4-2-5-7(12)9(11-13)14-8(5)6(10)3-4/h2-3,12H,1H3. The Morgan fingerprint density at radius 1 is 1.50 bits per heavy atom. The van der Waals surface area contributed by atoms with Crippen LogP contribution < -0.4 is 0 Å². The Morgan fingerprint density at radius 3 is 2.86 bits per heavy atom. The number of hydrogen-bond donors (Lipinski definition) is 1. The van der Waals surface area contributed by atoms with Crippen LogP contribution in [0.5, 0.6) is 5.75 Å². The lowest BCUT2D eigenvalue weighted by Gasteiger charge is -1.96. The third kappa shape index (κ3) is 1.27. The second kappa shape index (κ2) is 3.22. The minimum absolute atomic E-state index is 0.0764. The molecule has 0 radical (unpaired) electrons. The van der Waals surface area contributed by atoms with Crippen molar-refractivity contribution in [1.82, 2.24) is 0 Å². The SMILES string of the molecule is Cc1cc(Cl)c2sc(N=O)c(O)c2c1. The molecule has 0 amide bonds. The fourth-order valence-electron chi connectivity index (χ4n) is 1.33. The molecule has 1 aromatic carbocycles. The molecule has 5 heteroatoms. The summed E-state index contributed by atoms with van der Waals surface area (Å²) in [6.07, 6.45) is 0. The van der Waals surface area contributed by atoms with Gasteiger partial charge in [-0.1, -0.05) is 11.6 Å². The molecule has 14 heavy (non-hydrogen) atoms. The van der Waals surface area contributed by atoms with Crippen molar-refractivity contribution >= 4 is 38.0 Å². The van der Waals surface area contributed by atoms with Crippen molar-refractivity contribution in [1.29, 1.82) is 0 Å². The highest BCUT2D eigenvalue weighted by atomic mass is 35.5. The van der Waals surface area contributed by atoms with E-state index in [9.17, 15) is 10.0 Å². The summed E-state index contributed by atoms with van der Waals surface area (Å²) in [7, 11) is 0. The number of nitroso groups, excluding NO2 is 1. The molecule has 1 heterocycles. The molecule has 0 aliphatic heterocycles. The Morgan fingerprint density at radius 2 is 2.21 bits per heavy atom. The van der Waals surface area contributed by atoms with Gasteiger partial charge >= 0.3 is 0 Å². The van der Waals surface area contributed by atoms with Gasteiger partial charge in [0.25, 0.3) is 0 Å². The Bertz CT molecular complexity index is 521. The fourth-order valence-corrected chi connectivity index (χ4v) is 2.58. The summed E-state index contributed by atoms with van der Waals surface area (Å²) in [5.74, 6) is -0.0781. The topological polar surface area (TPSA) is 49.7 Å². The van der Waals surface area contributed by atoms with E-state index in [1.165, 1.54) is 0 Å². The molecule has 0 aliphatic rings. The first-order valence-electron chi connectivity index (χ1n) is 3.88. The van der Waals surface area contributed by atoms with Gasteiger partial charge in [-0.3, -0.25) is 0 Å². The molecular weight excluding hydrogens is 222 g/mol. The van der Waals surface area contributed by atoms with Gasteiger partial charge in [-0.05, 0) is 29.8 Å². The molecule has 72 valence electrons. The molecule has 0 saturated carbocycles. The van der Waals surface area contributed by atoms with Crippen LogP contribution in [0.25, 0.3) is 10.1 Å². The summed E-state index contributed by atoms with van der Waals surface area (Å²) in [4.78, 5) is 10.4. The Balaban J connectivity index is 2.91. The largest absolute Gasteiger partial charge is 0.504 e. The van der Waals surface area contributed by atoms with Gasteiger partial charge in [-0.15, -0.1) is 16.2 Å². The number of aromatic hydroxyl groups is 1. The van der Waals surface area contributed by atoms with E-state index in [1.54, 1.807) is 12.1 Å². The number of rotatable bonds is 1. The van der Waals surface area contributed by atoms with E-state index in [0.717, 1.165) is 16.9 Å². The van der Waals surface area contributed by atoms with Gasteiger partial charge in [-0.25, -0.2) is 0 Å². The average molecular weight is 228 g/mol. The number of benzene rings is 1. The van der Waals surface area contributed by atoms with E-state index in [2.05, 4.69) is 5.18 Å². The number of hydrogen-bond acceptors (Lipinski definition) is 4. The molecule has 0 bridgehead atoms. The van der Waals surface area contributed by atoms with Crippen molar-refractivity contribution in [2.24, 2.45) is 5.18 Å². The van der Waals surface area contributed by atoms with Crippen molar-refractivity contribution in [3.8, 4) is 5.75 Å². The van der Waals surface area contributed by atoms with Crippen LogP contribution in [-0.2, 0) is 0 Å². The minimum Gasteiger partial charge on any atom is -0.504 e. The summed E-state index contributed by atoms with van der Waals surface area (Å²) >= 11 is 7.06. The van der Waals surface area contributed by atoms with Gasteiger partial charge in [-0.2, -0.15) is 0 Å². The molecule has 0 spiro atoms. The van der Waals surface area contributed by atoms with Gasteiger partial charge < -0.3 is 5.11 Å². The zero-order chi connectivity index (χ0) is 10.3. The summed E-state index contributed by atoms with van der Waals surface area (Å²) in [6, 6.07) is 3.57. The van der Waals surface area contributed by atoms with Crippen LogP contribution in [0.1, 0.15) is 5.56 Å². The summed E-state index contributed by atoms with van der Waals surface area (Å²) in [5.41, 5.74) is 0.938. The lowest BCUT2D eigenvalue weighted by Crippen LogP contribution is -1.72. The summed E-state index contributed by atoms with van der Waals surface area (Å²) in [6.45, 7) is 1.87. The predicted molar refractivity (Wildman–Crippen MR) is 58.7 cm³/mol. The van der Waals surface area contributed by atoms with Crippen LogP contribution in [0, 0.1) is 11.8 Å². The normalized spacial score (nSPS) is 10.7. The maximum atomic E-state index is 10.4. The number of thiophene rings is 1. The zero-order valence-electron chi connectivity index (χ0n) is 7.24. The lowest BCUT2D eigenvalue weighted by atomic mass is 10.2. The number of halogens is 1. The fraction of sp³-hybridized carbons (Fsp3) is 0.111. The molecule has 0 fully saturated rings. The average Bonchev–Trinajstić information content (AvgIpc) is 2.44. The van der Waals surface area contributed by atoms with Crippen molar-refractivity contribution < 1.29 is 5.11 Å². The first kappa shape index (κ1) is 9.43. The highest BCUT2D eigenvalue weighted by molar-refractivity contribution is 7.23. The molecule has 1 N–H and O–H groups in total. The molecule has 0 unspecified atom stereocenters. The highest BCUT2D eigenvalue weighted by Crippen LogP contribution is 2.46. The van der Waals surface area contributed by atoms with Crippen molar-refractivity contribution in [2.75, 3.05) is 0 Å². The predicted octanol–water partition coefficient (Wildman–Crippen LogP) is 3.97. The third-order valence-electron chi connectivity index (χ3n) is 1.93. The molecule has 0 saturated heterocycles. The highest BCUT2D eigenvalue weighted by Gasteiger charge is 2.14. The lowest BCUT2D eigenvalue weighted by molar-refractivity contribution is 0.485. The molecular formula is C9H6ClNO2S. The second-order valence-electron chi connectivity index (χ2n) is 2.97. The van der Waals surface area contributed by atoms with Crippen molar-refractivity contribution in [2.45, 2.75) is 6.92 Å². The van der Waals surface area contributed by atoms with E-state index in [0.29, 0.717) is 15.1 Å². The number of fused-ring (bicyclic) bond motifs is 1. The van der Waals surface area contributed by atoms with Crippen LogP contribution in [0.2, 0.25) is 5.02 Å². The smallest absolute Gasteiger partial charge is 0.203 e. The van der Waals surface area contributed by atoms with Crippen molar-refractivity contribution in [3.63, 3.8) is 0 Å². The zero-order valence-corrected chi connectivity index (χ0v) is 8.82. The first-order chi connectivity index (χ1) is 6.63. The van der Waals surface area contributed by atoms with E-state index in [1.807, 2.05) is 6.92 Å². The molecule has 2 aromatic rings. The Labute approximate surface area is 88.9 Å². The van der Waals surface area contributed by atoms with Gasteiger partial charge in [0.1, 0.15) is 0 Å². The molecule has 2 rings (SSSR count).